The Morgan fingerprint density at radius 2 is 2.00 bits per heavy atom. The molecule has 0 aliphatic carbocycles. The van der Waals surface area contributed by atoms with Crippen molar-refractivity contribution < 1.29 is 14.1 Å². The highest BCUT2D eigenvalue weighted by atomic mass is 32.1. The van der Waals surface area contributed by atoms with Crippen molar-refractivity contribution in [3.63, 3.8) is 0 Å². The quantitative estimate of drug-likeness (QED) is 0.519. The molecule has 0 spiro atoms. The van der Waals surface area contributed by atoms with Crippen molar-refractivity contribution >= 4 is 33.3 Å². The number of nitrogens with zero attached hydrogens (tertiary/aromatic N) is 3. The molecule has 0 unspecified atom stereocenters. The largest absolute Gasteiger partial charge is 0.465 e. The second kappa shape index (κ2) is 7.41. The van der Waals surface area contributed by atoms with Gasteiger partial charge in [-0.1, -0.05) is 5.16 Å². The molecule has 3 rings (SSSR count). The summed E-state index contributed by atoms with van der Waals surface area (Å²) in [5, 5.41) is 8.27. The summed E-state index contributed by atoms with van der Waals surface area (Å²) in [4.78, 5) is 22.3. The highest BCUT2D eigenvalue weighted by Crippen LogP contribution is 2.34. The topological polar surface area (TPSA) is 90.1 Å². The van der Waals surface area contributed by atoms with E-state index in [0.29, 0.717) is 10.7 Å². The molecule has 3 heterocycles. The van der Waals surface area contributed by atoms with Gasteiger partial charge in [0.2, 0.25) is 0 Å². The van der Waals surface area contributed by atoms with E-state index in [1.807, 2.05) is 27.7 Å². The standard InChI is InChI=1S/C18H22N4O3S/c1-9-14-16(19-8-6-7-13-10(2)22-25-11(13)3)20-12(4)21-17(14)26-15(9)18(23)24-5/h6-8H2,1-5H3,(H,19,20,21). The Hall–Kier alpha value is -2.48. The summed E-state index contributed by atoms with van der Waals surface area (Å²) in [7, 11) is 1.39. The fourth-order valence-corrected chi connectivity index (χ4v) is 4.14. The predicted octanol–water partition coefficient (Wildman–Crippen LogP) is 3.74. The van der Waals surface area contributed by atoms with Crippen molar-refractivity contribution in [2.45, 2.75) is 40.5 Å². The number of anilines is 1. The minimum Gasteiger partial charge on any atom is -0.465 e. The molecule has 26 heavy (non-hydrogen) atoms. The Morgan fingerprint density at radius 3 is 2.65 bits per heavy atom. The van der Waals surface area contributed by atoms with E-state index in [0.717, 1.165) is 58.0 Å². The molecule has 3 aromatic heterocycles. The highest BCUT2D eigenvalue weighted by Gasteiger charge is 2.20. The van der Waals surface area contributed by atoms with E-state index >= 15 is 0 Å². The first-order valence-corrected chi connectivity index (χ1v) is 9.25. The molecule has 0 aromatic carbocycles. The summed E-state index contributed by atoms with van der Waals surface area (Å²) in [5.41, 5.74) is 2.96. The van der Waals surface area contributed by atoms with Gasteiger partial charge in [0.25, 0.3) is 0 Å². The predicted molar refractivity (Wildman–Crippen MR) is 101 cm³/mol. The van der Waals surface area contributed by atoms with Crippen LogP contribution in [0, 0.1) is 27.7 Å². The number of methoxy groups -OCH3 is 1. The maximum atomic E-state index is 12.0. The number of aromatic nitrogens is 3. The normalized spacial score (nSPS) is 11.1. The van der Waals surface area contributed by atoms with Crippen molar-refractivity contribution in [1.29, 1.82) is 0 Å². The second-order valence-electron chi connectivity index (χ2n) is 6.18. The van der Waals surface area contributed by atoms with Gasteiger partial charge < -0.3 is 14.6 Å². The van der Waals surface area contributed by atoms with Crippen LogP contribution in [0.15, 0.2) is 4.52 Å². The smallest absolute Gasteiger partial charge is 0.348 e. The zero-order valence-electron chi connectivity index (χ0n) is 15.6. The van der Waals surface area contributed by atoms with E-state index < -0.39 is 0 Å². The number of fused-ring (bicyclic) bond motifs is 1. The Labute approximate surface area is 155 Å². The Balaban J connectivity index is 1.79. The molecule has 0 aliphatic heterocycles. The van der Waals surface area contributed by atoms with E-state index in [1.54, 1.807) is 0 Å². The number of rotatable bonds is 6. The third kappa shape index (κ3) is 3.41. The van der Waals surface area contributed by atoms with Gasteiger partial charge in [0.15, 0.2) is 0 Å². The average molecular weight is 374 g/mol. The van der Waals surface area contributed by atoms with Crippen LogP contribution in [-0.2, 0) is 11.2 Å². The molecule has 3 aromatic rings. The van der Waals surface area contributed by atoms with E-state index in [2.05, 4.69) is 20.4 Å². The van der Waals surface area contributed by atoms with Crippen molar-refractivity contribution in [3.05, 3.63) is 33.3 Å². The monoisotopic (exact) mass is 374 g/mol. The van der Waals surface area contributed by atoms with Gasteiger partial charge in [-0.2, -0.15) is 0 Å². The minimum absolute atomic E-state index is 0.340. The molecule has 138 valence electrons. The Kier molecular flexibility index (Phi) is 5.22. The minimum atomic E-state index is -0.340. The zero-order chi connectivity index (χ0) is 18.8. The van der Waals surface area contributed by atoms with E-state index in [1.165, 1.54) is 18.4 Å². The lowest BCUT2D eigenvalue weighted by Crippen LogP contribution is -2.07. The first-order valence-electron chi connectivity index (χ1n) is 8.44. The molecule has 0 saturated heterocycles. The number of carbonyl (C=O) groups excluding carboxylic acids is 1. The maximum absolute atomic E-state index is 12.0. The van der Waals surface area contributed by atoms with Gasteiger partial charge in [0.05, 0.1) is 18.2 Å². The molecule has 0 aliphatic rings. The van der Waals surface area contributed by atoms with Gasteiger partial charge in [0, 0.05) is 12.1 Å². The molecular weight excluding hydrogens is 352 g/mol. The van der Waals surface area contributed by atoms with Crippen LogP contribution in [0.1, 0.15) is 44.5 Å². The first kappa shape index (κ1) is 18.3. The van der Waals surface area contributed by atoms with Crippen LogP contribution in [0.3, 0.4) is 0 Å². The lowest BCUT2D eigenvalue weighted by molar-refractivity contribution is 0.0605. The van der Waals surface area contributed by atoms with Gasteiger partial charge in [0.1, 0.15) is 27.1 Å². The summed E-state index contributed by atoms with van der Waals surface area (Å²) in [6.45, 7) is 8.39. The SMILES string of the molecule is COC(=O)c1sc2nc(C)nc(NCCCc3c(C)noc3C)c2c1C. The van der Waals surface area contributed by atoms with Gasteiger partial charge in [-0.25, -0.2) is 14.8 Å². The van der Waals surface area contributed by atoms with E-state index in [9.17, 15) is 4.79 Å². The van der Waals surface area contributed by atoms with E-state index in [4.69, 9.17) is 9.26 Å². The van der Waals surface area contributed by atoms with Gasteiger partial charge in [-0.15, -0.1) is 11.3 Å². The van der Waals surface area contributed by atoms with Gasteiger partial charge in [-0.3, -0.25) is 0 Å². The van der Waals surface area contributed by atoms with Crippen molar-refractivity contribution in [2.24, 2.45) is 0 Å². The Morgan fingerprint density at radius 1 is 1.23 bits per heavy atom. The van der Waals surface area contributed by atoms with E-state index in [-0.39, 0.29) is 5.97 Å². The number of ether oxygens (including phenoxy) is 1. The molecule has 0 amide bonds. The lowest BCUT2D eigenvalue weighted by atomic mass is 10.1. The van der Waals surface area contributed by atoms with Crippen LogP contribution < -0.4 is 5.32 Å². The molecule has 0 bridgehead atoms. The summed E-state index contributed by atoms with van der Waals surface area (Å²) >= 11 is 1.34. The van der Waals surface area contributed by atoms with Crippen LogP contribution in [0.2, 0.25) is 0 Å². The number of carbonyl (C=O) groups is 1. The number of hydrogen-bond donors (Lipinski definition) is 1. The van der Waals surface area contributed by atoms with Crippen LogP contribution in [0.25, 0.3) is 10.2 Å². The molecule has 0 radical (unpaired) electrons. The van der Waals surface area contributed by atoms with Crippen LogP contribution in [-0.4, -0.2) is 34.7 Å². The third-order valence-corrected chi connectivity index (χ3v) is 5.52. The number of nitrogens with one attached hydrogen (secondary N) is 1. The Bertz CT molecular complexity index is 942. The fraction of sp³-hybridized carbons (Fsp3) is 0.444. The molecule has 0 fully saturated rings. The molecule has 7 nitrogen and oxygen atoms in total. The van der Waals surface area contributed by atoms with Crippen LogP contribution in [0.5, 0.6) is 0 Å². The van der Waals surface area contributed by atoms with Crippen molar-refractivity contribution in [1.82, 2.24) is 15.1 Å². The number of hydrogen-bond acceptors (Lipinski definition) is 8. The number of aryl methyl sites for hydroxylation is 4. The first-order chi connectivity index (χ1) is 12.4. The number of esters is 1. The fourth-order valence-electron chi connectivity index (χ4n) is 2.99. The zero-order valence-corrected chi connectivity index (χ0v) is 16.4. The maximum Gasteiger partial charge on any atom is 0.348 e. The summed E-state index contributed by atoms with van der Waals surface area (Å²) in [6.07, 6.45) is 1.80. The summed E-state index contributed by atoms with van der Waals surface area (Å²) < 4.78 is 10.1. The highest BCUT2D eigenvalue weighted by molar-refractivity contribution is 7.20. The van der Waals surface area contributed by atoms with Crippen LogP contribution in [0.4, 0.5) is 5.82 Å². The molecular formula is C18H22N4O3S. The molecule has 0 atom stereocenters. The molecule has 1 N–H and O–H groups in total. The summed E-state index contributed by atoms with van der Waals surface area (Å²) in [6, 6.07) is 0. The molecule has 0 saturated carbocycles. The second-order valence-corrected chi connectivity index (χ2v) is 7.18. The number of thiophene rings is 1. The van der Waals surface area contributed by atoms with Crippen LogP contribution >= 0.6 is 11.3 Å². The third-order valence-electron chi connectivity index (χ3n) is 4.35. The van der Waals surface area contributed by atoms with Gasteiger partial charge >= 0.3 is 5.97 Å². The van der Waals surface area contributed by atoms with Crippen molar-refractivity contribution in [3.8, 4) is 0 Å². The average Bonchev–Trinajstić information content (AvgIpc) is 3.11. The van der Waals surface area contributed by atoms with Gasteiger partial charge in [-0.05, 0) is 46.1 Å². The molecule has 8 heteroatoms. The lowest BCUT2D eigenvalue weighted by Gasteiger charge is -2.08. The summed E-state index contributed by atoms with van der Waals surface area (Å²) in [5.74, 6) is 1.96. The van der Waals surface area contributed by atoms with Crippen molar-refractivity contribution in [2.75, 3.05) is 19.0 Å².